The molecule has 2 unspecified atom stereocenters. The topological polar surface area (TPSA) is 41.1 Å². The zero-order valence-electron chi connectivity index (χ0n) is 12.2. The van der Waals surface area contributed by atoms with Crippen LogP contribution in [0.25, 0.3) is 0 Å². The van der Waals surface area contributed by atoms with E-state index >= 15 is 0 Å². The monoisotopic (exact) mass is 264 g/mol. The third-order valence-corrected chi connectivity index (χ3v) is 4.54. The SMILES string of the molecule is CCC1CCNC(C(=O)NCCC2=CCCCC2)C1. The summed E-state index contributed by atoms with van der Waals surface area (Å²) in [7, 11) is 0. The van der Waals surface area contributed by atoms with Gasteiger partial charge in [0.15, 0.2) is 0 Å². The smallest absolute Gasteiger partial charge is 0.237 e. The Bertz CT molecular complexity index is 325. The number of carbonyl (C=O) groups is 1. The molecule has 0 aromatic heterocycles. The maximum absolute atomic E-state index is 12.1. The molecule has 1 saturated heterocycles. The molecule has 1 amide bonds. The highest BCUT2D eigenvalue weighted by molar-refractivity contribution is 5.81. The van der Waals surface area contributed by atoms with Gasteiger partial charge in [-0.15, -0.1) is 0 Å². The molecule has 0 aromatic rings. The van der Waals surface area contributed by atoms with E-state index in [1.54, 1.807) is 0 Å². The molecule has 1 aliphatic heterocycles. The largest absolute Gasteiger partial charge is 0.354 e. The van der Waals surface area contributed by atoms with Crippen LogP contribution in [0.3, 0.4) is 0 Å². The fourth-order valence-corrected chi connectivity index (χ4v) is 3.17. The summed E-state index contributed by atoms with van der Waals surface area (Å²) in [5.74, 6) is 0.924. The van der Waals surface area contributed by atoms with Crippen LogP contribution >= 0.6 is 0 Å². The molecule has 2 atom stereocenters. The molecule has 2 N–H and O–H groups in total. The van der Waals surface area contributed by atoms with Gasteiger partial charge in [-0.25, -0.2) is 0 Å². The summed E-state index contributed by atoms with van der Waals surface area (Å²) in [4.78, 5) is 12.1. The summed E-state index contributed by atoms with van der Waals surface area (Å²) in [5, 5.41) is 6.45. The molecule has 2 aliphatic rings. The van der Waals surface area contributed by atoms with Crippen LogP contribution in [0.4, 0.5) is 0 Å². The summed E-state index contributed by atoms with van der Waals surface area (Å²) in [6.45, 7) is 4.02. The van der Waals surface area contributed by atoms with Crippen molar-refractivity contribution < 1.29 is 4.79 Å². The summed E-state index contributed by atoms with van der Waals surface area (Å²) < 4.78 is 0. The number of hydrogen-bond acceptors (Lipinski definition) is 2. The van der Waals surface area contributed by atoms with Crippen molar-refractivity contribution in [3.63, 3.8) is 0 Å². The van der Waals surface area contributed by atoms with Gasteiger partial charge in [-0.2, -0.15) is 0 Å². The van der Waals surface area contributed by atoms with Crippen LogP contribution in [0, 0.1) is 5.92 Å². The Hall–Kier alpha value is -0.830. The van der Waals surface area contributed by atoms with Gasteiger partial charge in [0, 0.05) is 6.54 Å². The first-order valence-corrected chi connectivity index (χ1v) is 7.98. The van der Waals surface area contributed by atoms with Crippen molar-refractivity contribution in [1.29, 1.82) is 0 Å². The zero-order chi connectivity index (χ0) is 13.5. The van der Waals surface area contributed by atoms with Crippen molar-refractivity contribution in [2.24, 2.45) is 5.92 Å². The highest BCUT2D eigenvalue weighted by atomic mass is 16.2. The van der Waals surface area contributed by atoms with Gasteiger partial charge in [0.05, 0.1) is 6.04 Å². The quantitative estimate of drug-likeness (QED) is 0.750. The van der Waals surface area contributed by atoms with E-state index < -0.39 is 0 Å². The van der Waals surface area contributed by atoms with Crippen molar-refractivity contribution >= 4 is 5.91 Å². The van der Waals surface area contributed by atoms with Crippen LogP contribution in [0.2, 0.25) is 0 Å². The first kappa shape index (κ1) is 14.6. The van der Waals surface area contributed by atoms with E-state index in [4.69, 9.17) is 0 Å². The molecule has 3 heteroatoms. The molecule has 108 valence electrons. The number of nitrogens with one attached hydrogen (secondary N) is 2. The molecule has 0 spiro atoms. The lowest BCUT2D eigenvalue weighted by molar-refractivity contribution is -0.124. The van der Waals surface area contributed by atoms with Gasteiger partial charge in [-0.1, -0.05) is 25.0 Å². The fourth-order valence-electron chi connectivity index (χ4n) is 3.17. The lowest BCUT2D eigenvalue weighted by Crippen LogP contribution is -2.48. The van der Waals surface area contributed by atoms with E-state index in [1.807, 2.05) is 0 Å². The molecule has 3 nitrogen and oxygen atoms in total. The van der Waals surface area contributed by atoms with Crippen molar-refractivity contribution in [2.75, 3.05) is 13.1 Å². The molecular weight excluding hydrogens is 236 g/mol. The number of rotatable bonds is 5. The Morgan fingerprint density at radius 2 is 2.37 bits per heavy atom. The molecular formula is C16H28N2O. The highest BCUT2D eigenvalue weighted by Gasteiger charge is 2.25. The van der Waals surface area contributed by atoms with Crippen molar-refractivity contribution in [3.05, 3.63) is 11.6 Å². The Labute approximate surface area is 117 Å². The zero-order valence-corrected chi connectivity index (χ0v) is 12.2. The second-order valence-corrected chi connectivity index (χ2v) is 5.95. The average Bonchev–Trinajstić information content (AvgIpc) is 2.48. The number of hydrogen-bond donors (Lipinski definition) is 2. The van der Waals surface area contributed by atoms with Crippen molar-refractivity contribution in [1.82, 2.24) is 10.6 Å². The molecule has 19 heavy (non-hydrogen) atoms. The Morgan fingerprint density at radius 3 is 3.11 bits per heavy atom. The Balaban J connectivity index is 1.67. The molecule has 0 bridgehead atoms. The van der Waals surface area contributed by atoms with E-state index in [-0.39, 0.29) is 11.9 Å². The predicted molar refractivity (Wildman–Crippen MR) is 79.0 cm³/mol. The van der Waals surface area contributed by atoms with E-state index in [2.05, 4.69) is 23.6 Å². The number of carbonyl (C=O) groups excluding carboxylic acids is 1. The van der Waals surface area contributed by atoms with Gasteiger partial charge in [0.2, 0.25) is 5.91 Å². The summed E-state index contributed by atoms with van der Waals surface area (Å²) >= 11 is 0. The van der Waals surface area contributed by atoms with Gasteiger partial charge in [0.1, 0.15) is 0 Å². The number of amides is 1. The molecule has 1 heterocycles. The third kappa shape index (κ3) is 4.64. The van der Waals surface area contributed by atoms with Crippen LogP contribution in [-0.4, -0.2) is 25.0 Å². The van der Waals surface area contributed by atoms with E-state index in [1.165, 1.54) is 44.1 Å². The summed E-state index contributed by atoms with van der Waals surface area (Å²) in [6.07, 6.45) is 11.9. The second-order valence-electron chi connectivity index (χ2n) is 5.95. The number of allylic oxidation sites excluding steroid dienone is 1. The molecule has 1 fully saturated rings. The van der Waals surface area contributed by atoms with Gasteiger partial charge in [-0.3, -0.25) is 4.79 Å². The first-order valence-electron chi connectivity index (χ1n) is 7.98. The number of piperidine rings is 1. The lowest BCUT2D eigenvalue weighted by atomic mass is 9.90. The lowest BCUT2D eigenvalue weighted by Gasteiger charge is -2.28. The highest BCUT2D eigenvalue weighted by Crippen LogP contribution is 2.20. The Morgan fingerprint density at radius 1 is 1.47 bits per heavy atom. The standard InChI is InChI=1S/C16H28N2O/c1-2-13-8-10-17-15(12-13)16(19)18-11-9-14-6-4-3-5-7-14/h6,13,15,17H,2-5,7-12H2,1H3,(H,18,19). The van der Waals surface area contributed by atoms with Crippen LogP contribution in [-0.2, 0) is 4.79 Å². The first-order chi connectivity index (χ1) is 9.29. The average molecular weight is 264 g/mol. The third-order valence-electron chi connectivity index (χ3n) is 4.54. The van der Waals surface area contributed by atoms with Crippen molar-refractivity contribution in [3.8, 4) is 0 Å². The maximum atomic E-state index is 12.1. The minimum absolute atomic E-state index is 0.0408. The Kier molecular flexibility index (Phi) is 5.90. The molecule has 2 rings (SSSR count). The van der Waals surface area contributed by atoms with Crippen LogP contribution in [0.15, 0.2) is 11.6 Å². The van der Waals surface area contributed by atoms with Gasteiger partial charge < -0.3 is 10.6 Å². The van der Waals surface area contributed by atoms with E-state index in [0.29, 0.717) is 0 Å². The predicted octanol–water partition coefficient (Wildman–Crippen LogP) is 2.77. The van der Waals surface area contributed by atoms with E-state index in [0.717, 1.165) is 31.8 Å². The van der Waals surface area contributed by atoms with Crippen LogP contribution in [0.5, 0.6) is 0 Å². The van der Waals surface area contributed by atoms with Crippen LogP contribution in [0.1, 0.15) is 58.3 Å². The molecule has 0 radical (unpaired) electrons. The van der Waals surface area contributed by atoms with Gasteiger partial charge in [-0.05, 0) is 57.4 Å². The molecule has 1 aliphatic carbocycles. The van der Waals surface area contributed by atoms with Crippen LogP contribution < -0.4 is 10.6 Å². The summed E-state index contributed by atoms with van der Waals surface area (Å²) in [5.41, 5.74) is 1.54. The van der Waals surface area contributed by atoms with Crippen molar-refractivity contribution in [2.45, 2.75) is 64.3 Å². The fraction of sp³-hybridized carbons (Fsp3) is 0.812. The van der Waals surface area contributed by atoms with E-state index in [9.17, 15) is 4.79 Å². The summed E-state index contributed by atoms with van der Waals surface area (Å²) in [6, 6.07) is 0.0408. The molecule has 0 saturated carbocycles. The minimum Gasteiger partial charge on any atom is -0.354 e. The molecule has 0 aromatic carbocycles. The van der Waals surface area contributed by atoms with Gasteiger partial charge in [0.25, 0.3) is 0 Å². The maximum Gasteiger partial charge on any atom is 0.237 e. The second kappa shape index (κ2) is 7.68. The normalized spacial score (nSPS) is 27.7. The minimum atomic E-state index is 0.0408. The van der Waals surface area contributed by atoms with Gasteiger partial charge >= 0.3 is 0 Å².